The fraction of sp³-hybridized carbons (Fsp3) is 0.208. The summed E-state index contributed by atoms with van der Waals surface area (Å²) in [6.45, 7) is 0.583. The van der Waals surface area contributed by atoms with Crippen LogP contribution in [0.1, 0.15) is 5.82 Å². The number of rotatable bonds is 9. The number of aliphatic hydroxyl groups is 1. The van der Waals surface area contributed by atoms with E-state index in [0.29, 0.717) is 33.1 Å². The van der Waals surface area contributed by atoms with Gasteiger partial charge in [0.05, 0.1) is 29.7 Å². The van der Waals surface area contributed by atoms with Gasteiger partial charge in [0.25, 0.3) is 0 Å². The van der Waals surface area contributed by atoms with E-state index in [9.17, 15) is 5.11 Å². The summed E-state index contributed by atoms with van der Waals surface area (Å²) >= 11 is 12.2. The number of methoxy groups -OCH3 is 1. The molecule has 4 rings (SSSR count). The normalized spacial score (nSPS) is 12.0. The lowest BCUT2D eigenvalue weighted by atomic mass is 10.3. The van der Waals surface area contributed by atoms with Crippen molar-refractivity contribution in [1.29, 1.82) is 0 Å². The first-order chi connectivity index (χ1) is 15.5. The molecule has 32 heavy (non-hydrogen) atoms. The highest BCUT2D eigenvalue weighted by atomic mass is 35.5. The van der Waals surface area contributed by atoms with Crippen molar-refractivity contribution in [2.75, 3.05) is 13.7 Å². The second kappa shape index (κ2) is 10.1. The quantitative estimate of drug-likeness (QED) is 0.354. The van der Waals surface area contributed by atoms with Crippen molar-refractivity contribution in [2.45, 2.75) is 19.3 Å². The maximum absolute atomic E-state index is 10.7. The minimum absolute atomic E-state index is 0.114. The fourth-order valence-corrected chi connectivity index (χ4v) is 3.78. The Kier molecular flexibility index (Phi) is 7.05. The van der Waals surface area contributed by atoms with E-state index in [1.165, 1.54) is 0 Å². The number of halogens is 2. The average molecular weight is 473 g/mol. The molecule has 0 amide bonds. The van der Waals surface area contributed by atoms with Crippen molar-refractivity contribution in [3.63, 3.8) is 0 Å². The van der Waals surface area contributed by atoms with Crippen molar-refractivity contribution < 1.29 is 19.3 Å². The van der Waals surface area contributed by atoms with Crippen molar-refractivity contribution in [1.82, 2.24) is 9.55 Å². The SMILES string of the molecule is COc1cccc(OCC(O)Cn2c(COc3ccc(Cl)cc3Cl)nc3ccccc32)c1. The highest BCUT2D eigenvalue weighted by Crippen LogP contribution is 2.28. The molecular formula is C24H22Cl2N2O4. The summed E-state index contributed by atoms with van der Waals surface area (Å²) in [5, 5.41) is 11.6. The summed E-state index contributed by atoms with van der Waals surface area (Å²) in [6.07, 6.45) is -0.767. The van der Waals surface area contributed by atoms with Gasteiger partial charge in [-0.25, -0.2) is 4.98 Å². The molecule has 1 heterocycles. The molecule has 166 valence electrons. The summed E-state index contributed by atoms with van der Waals surface area (Å²) in [5.74, 6) is 2.49. The molecule has 0 radical (unpaired) electrons. The van der Waals surface area contributed by atoms with E-state index in [-0.39, 0.29) is 19.8 Å². The van der Waals surface area contributed by atoms with Crippen LogP contribution in [0.15, 0.2) is 66.7 Å². The molecule has 0 saturated heterocycles. The highest BCUT2D eigenvalue weighted by Gasteiger charge is 2.16. The Labute approximate surface area is 195 Å². The molecule has 0 aliphatic carbocycles. The van der Waals surface area contributed by atoms with E-state index in [1.54, 1.807) is 31.4 Å². The van der Waals surface area contributed by atoms with E-state index < -0.39 is 6.10 Å². The first-order valence-electron chi connectivity index (χ1n) is 10.0. The van der Waals surface area contributed by atoms with Gasteiger partial charge in [0.15, 0.2) is 0 Å². The number of aliphatic hydroxyl groups excluding tert-OH is 1. The first-order valence-corrected chi connectivity index (χ1v) is 10.8. The number of benzene rings is 3. The van der Waals surface area contributed by atoms with Crippen LogP contribution in [0.2, 0.25) is 10.0 Å². The first kappa shape index (κ1) is 22.3. The molecule has 1 aromatic heterocycles. The van der Waals surface area contributed by atoms with E-state index in [4.69, 9.17) is 37.4 Å². The zero-order valence-corrected chi connectivity index (χ0v) is 18.9. The maximum atomic E-state index is 10.7. The number of aromatic nitrogens is 2. The summed E-state index contributed by atoms with van der Waals surface area (Å²) < 4.78 is 18.8. The zero-order chi connectivity index (χ0) is 22.5. The van der Waals surface area contributed by atoms with Gasteiger partial charge in [-0.3, -0.25) is 0 Å². The predicted octanol–water partition coefficient (Wildman–Crippen LogP) is 5.37. The van der Waals surface area contributed by atoms with Crippen LogP contribution in [0.25, 0.3) is 11.0 Å². The number of hydrogen-bond donors (Lipinski definition) is 1. The number of nitrogens with zero attached hydrogens (tertiary/aromatic N) is 2. The fourth-order valence-electron chi connectivity index (χ4n) is 3.32. The lowest BCUT2D eigenvalue weighted by Crippen LogP contribution is -2.25. The van der Waals surface area contributed by atoms with Crippen LogP contribution in [-0.4, -0.2) is 34.5 Å². The number of para-hydroxylation sites is 2. The Morgan fingerprint density at radius 1 is 0.969 bits per heavy atom. The number of fused-ring (bicyclic) bond motifs is 1. The van der Waals surface area contributed by atoms with Gasteiger partial charge in [0, 0.05) is 11.1 Å². The predicted molar refractivity (Wildman–Crippen MR) is 125 cm³/mol. The summed E-state index contributed by atoms with van der Waals surface area (Å²) in [4.78, 5) is 4.67. The number of imidazole rings is 1. The van der Waals surface area contributed by atoms with Gasteiger partial charge >= 0.3 is 0 Å². The number of ether oxygens (including phenoxy) is 3. The second-order valence-electron chi connectivity index (χ2n) is 7.13. The van der Waals surface area contributed by atoms with Crippen LogP contribution in [0.5, 0.6) is 17.2 Å². The standard InChI is InChI=1S/C24H22Cl2N2O4/c1-30-18-5-4-6-19(12-18)31-14-17(29)13-28-22-8-3-2-7-21(22)27-24(28)15-32-23-10-9-16(25)11-20(23)26/h2-12,17,29H,13-15H2,1H3. The third kappa shape index (κ3) is 5.27. The zero-order valence-electron chi connectivity index (χ0n) is 17.4. The van der Waals surface area contributed by atoms with Crippen LogP contribution < -0.4 is 14.2 Å². The van der Waals surface area contributed by atoms with Crippen LogP contribution >= 0.6 is 23.2 Å². The Balaban J connectivity index is 1.49. The molecule has 0 aliphatic heterocycles. The summed E-state index contributed by atoms with van der Waals surface area (Å²) in [6, 6.07) is 20.0. The van der Waals surface area contributed by atoms with Gasteiger partial charge in [-0.05, 0) is 42.5 Å². The largest absolute Gasteiger partial charge is 0.497 e. The summed E-state index contributed by atoms with van der Waals surface area (Å²) in [5.41, 5.74) is 1.71. The van der Waals surface area contributed by atoms with Gasteiger partial charge in [0.1, 0.15) is 42.4 Å². The molecule has 8 heteroatoms. The molecule has 0 bridgehead atoms. The smallest absolute Gasteiger partial charge is 0.148 e. The lowest BCUT2D eigenvalue weighted by Gasteiger charge is -2.16. The van der Waals surface area contributed by atoms with Crippen LogP contribution in [-0.2, 0) is 13.2 Å². The Morgan fingerprint density at radius 3 is 2.59 bits per heavy atom. The van der Waals surface area contributed by atoms with Gasteiger partial charge < -0.3 is 23.9 Å². The molecule has 0 aliphatic rings. The van der Waals surface area contributed by atoms with Gasteiger partial charge in [-0.1, -0.05) is 41.4 Å². The molecule has 3 aromatic carbocycles. The van der Waals surface area contributed by atoms with Crippen molar-refractivity contribution >= 4 is 34.2 Å². The maximum Gasteiger partial charge on any atom is 0.148 e. The molecule has 0 saturated carbocycles. The minimum Gasteiger partial charge on any atom is -0.497 e. The van der Waals surface area contributed by atoms with Crippen LogP contribution in [0.3, 0.4) is 0 Å². The lowest BCUT2D eigenvalue weighted by molar-refractivity contribution is 0.0916. The van der Waals surface area contributed by atoms with E-state index in [1.807, 2.05) is 47.0 Å². The second-order valence-corrected chi connectivity index (χ2v) is 7.98. The van der Waals surface area contributed by atoms with E-state index >= 15 is 0 Å². The van der Waals surface area contributed by atoms with Gasteiger partial charge in [-0.2, -0.15) is 0 Å². The van der Waals surface area contributed by atoms with Gasteiger partial charge in [-0.15, -0.1) is 0 Å². The summed E-state index contributed by atoms with van der Waals surface area (Å²) in [7, 11) is 1.60. The molecule has 1 N–H and O–H groups in total. The van der Waals surface area contributed by atoms with E-state index in [0.717, 1.165) is 11.0 Å². The Hall–Kier alpha value is -2.93. The topological polar surface area (TPSA) is 65.7 Å². The molecule has 6 nitrogen and oxygen atoms in total. The highest BCUT2D eigenvalue weighted by molar-refractivity contribution is 6.35. The molecule has 1 atom stereocenters. The third-order valence-electron chi connectivity index (χ3n) is 4.86. The minimum atomic E-state index is -0.767. The molecular weight excluding hydrogens is 451 g/mol. The molecule has 4 aromatic rings. The van der Waals surface area contributed by atoms with Gasteiger partial charge in [0.2, 0.25) is 0 Å². The number of hydrogen-bond acceptors (Lipinski definition) is 5. The molecule has 0 fully saturated rings. The molecule has 1 unspecified atom stereocenters. The average Bonchev–Trinajstić information content (AvgIpc) is 3.14. The molecule has 0 spiro atoms. The Bertz CT molecular complexity index is 1210. The monoisotopic (exact) mass is 472 g/mol. The Morgan fingerprint density at radius 2 is 1.78 bits per heavy atom. The van der Waals surface area contributed by atoms with E-state index in [2.05, 4.69) is 4.98 Å². The van der Waals surface area contributed by atoms with Crippen molar-refractivity contribution in [3.8, 4) is 17.2 Å². The van der Waals surface area contributed by atoms with Crippen molar-refractivity contribution in [2.24, 2.45) is 0 Å². The van der Waals surface area contributed by atoms with Crippen LogP contribution in [0.4, 0.5) is 0 Å². The van der Waals surface area contributed by atoms with Crippen LogP contribution in [0, 0.1) is 0 Å². The third-order valence-corrected chi connectivity index (χ3v) is 5.39. The van der Waals surface area contributed by atoms with Crippen molar-refractivity contribution in [3.05, 3.63) is 82.6 Å².